The number of aryl methyl sites for hydroxylation is 2. The second-order valence-electron chi connectivity index (χ2n) is 3.70. The average molecular weight is 237 g/mol. The van der Waals surface area contributed by atoms with Gasteiger partial charge in [0, 0.05) is 11.3 Å². The van der Waals surface area contributed by atoms with Gasteiger partial charge in [0.25, 0.3) is 0 Å². The van der Waals surface area contributed by atoms with E-state index in [1.807, 2.05) is 32.0 Å². The molecule has 2 aromatic rings. The lowest BCUT2D eigenvalue weighted by Crippen LogP contribution is -1.90. The van der Waals surface area contributed by atoms with E-state index in [-0.39, 0.29) is 0 Å². The molecule has 0 saturated heterocycles. The molecule has 16 heavy (non-hydrogen) atoms. The van der Waals surface area contributed by atoms with E-state index in [0.717, 1.165) is 28.3 Å². The number of aromatic nitrogens is 2. The van der Waals surface area contributed by atoms with Gasteiger partial charge >= 0.3 is 0 Å². The molecule has 0 aliphatic heterocycles. The van der Waals surface area contributed by atoms with Crippen LogP contribution in [0.2, 0.25) is 5.28 Å². The Morgan fingerprint density at radius 1 is 1.31 bits per heavy atom. The zero-order valence-corrected chi connectivity index (χ0v) is 10.2. The van der Waals surface area contributed by atoms with Crippen LogP contribution in [0.4, 0.5) is 0 Å². The molecule has 0 fully saturated rings. The molecule has 0 atom stereocenters. The van der Waals surface area contributed by atoms with Crippen molar-refractivity contribution >= 4 is 11.6 Å². The number of nitrogens with zero attached hydrogens (tertiary/aromatic N) is 1. The summed E-state index contributed by atoms with van der Waals surface area (Å²) in [6.07, 6.45) is 0. The Bertz CT molecular complexity index is 520. The highest BCUT2D eigenvalue weighted by atomic mass is 35.5. The van der Waals surface area contributed by atoms with Gasteiger partial charge in [0.2, 0.25) is 5.28 Å². The molecule has 0 bridgehead atoms. The third-order valence-corrected chi connectivity index (χ3v) is 2.64. The van der Waals surface area contributed by atoms with Crippen LogP contribution >= 0.6 is 11.6 Å². The highest BCUT2D eigenvalue weighted by Crippen LogP contribution is 2.32. The standard InChI is InChI=1S/C12H13ClN2O/c1-7-4-5-10(16-3)9(6-7)11-8(2)14-12(13)15-11/h4-6H,1-3H3,(H,14,15). The maximum atomic E-state index is 5.84. The van der Waals surface area contributed by atoms with E-state index in [2.05, 4.69) is 9.97 Å². The maximum absolute atomic E-state index is 5.84. The molecule has 0 unspecified atom stereocenters. The predicted molar refractivity (Wildman–Crippen MR) is 65.1 cm³/mol. The maximum Gasteiger partial charge on any atom is 0.200 e. The summed E-state index contributed by atoms with van der Waals surface area (Å²) in [4.78, 5) is 7.24. The molecule has 0 aliphatic rings. The van der Waals surface area contributed by atoms with E-state index in [4.69, 9.17) is 16.3 Å². The summed E-state index contributed by atoms with van der Waals surface area (Å²) in [5.74, 6) is 0.803. The molecular formula is C12H13ClN2O. The SMILES string of the molecule is COc1ccc(C)cc1-c1nc(Cl)[nH]c1C. The van der Waals surface area contributed by atoms with Crippen molar-refractivity contribution in [1.82, 2.24) is 9.97 Å². The number of benzene rings is 1. The summed E-state index contributed by atoms with van der Waals surface area (Å²) in [6.45, 7) is 3.97. The van der Waals surface area contributed by atoms with Gasteiger partial charge in [-0.25, -0.2) is 4.98 Å². The lowest BCUT2D eigenvalue weighted by molar-refractivity contribution is 0.416. The van der Waals surface area contributed by atoms with Crippen LogP contribution in [0, 0.1) is 13.8 Å². The number of nitrogens with one attached hydrogen (secondary N) is 1. The Kier molecular flexibility index (Phi) is 2.88. The van der Waals surface area contributed by atoms with Crippen LogP contribution in [0.3, 0.4) is 0 Å². The van der Waals surface area contributed by atoms with E-state index >= 15 is 0 Å². The normalized spacial score (nSPS) is 10.5. The second-order valence-corrected chi connectivity index (χ2v) is 4.06. The van der Waals surface area contributed by atoms with Crippen LogP contribution in [0.5, 0.6) is 5.75 Å². The first-order chi connectivity index (χ1) is 7.61. The number of aromatic amines is 1. The van der Waals surface area contributed by atoms with Crippen molar-refractivity contribution in [3.63, 3.8) is 0 Å². The minimum absolute atomic E-state index is 0.399. The van der Waals surface area contributed by atoms with E-state index in [1.165, 1.54) is 0 Å². The molecule has 1 heterocycles. The van der Waals surface area contributed by atoms with Crippen LogP contribution in [0.15, 0.2) is 18.2 Å². The van der Waals surface area contributed by atoms with Crippen molar-refractivity contribution in [2.24, 2.45) is 0 Å². The Morgan fingerprint density at radius 2 is 2.06 bits per heavy atom. The summed E-state index contributed by atoms with van der Waals surface area (Å²) < 4.78 is 5.32. The third-order valence-electron chi connectivity index (χ3n) is 2.47. The van der Waals surface area contributed by atoms with E-state index < -0.39 is 0 Å². The van der Waals surface area contributed by atoms with Gasteiger partial charge in [-0.1, -0.05) is 11.6 Å². The molecule has 0 radical (unpaired) electrons. The molecule has 3 nitrogen and oxygen atoms in total. The van der Waals surface area contributed by atoms with Crippen LogP contribution in [0.25, 0.3) is 11.3 Å². The second kappa shape index (κ2) is 4.18. The van der Waals surface area contributed by atoms with Crippen molar-refractivity contribution in [3.05, 3.63) is 34.7 Å². The molecule has 4 heteroatoms. The van der Waals surface area contributed by atoms with Gasteiger partial charge in [-0.3, -0.25) is 0 Å². The van der Waals surface area contributed by atoms with Crippen molar-refractivity contribution in [2.75, 3.05) is 7.11 Å². The van der Waals surface area contributed by atoms with Crippen LogP contribution in [0.1, 0.15) is 11.3 Å². The fourth-order valence-corrected chi connectivity index (χ4v) is 1.92. The predicted octanol–water partition coefficient (Wildman–Crippen LogP) is 3.36. The molecule has 0 amide bonds. The number of imidazole rings is 1. The van der Waals surface area contributed by atoms with Gasteiger partial charge in [-0.15, -0.1) is 0 Å². The first-order valence-corrected chi connectivity index (χ1v) is 5.36. The first-order valence-electron chi connectivity index (χ1n) is 4.99. The smallest absolute Gasteiger partial charge is 0.200 e. The van der Waals surface area contributed by atoms with Gasteiger partial charge < -0.3 is 9.72 Å². The minimum atomic E-state index is 0.399. The van der Waals surface area contributed by atoms with E-state index in [0.29, 0.717) is 5.28 Å². The number of H-pyrrole nitrogens is 1. The highest BCUT2D eigenvalue weighted by molar-refractivity contribution is 6.28. The summed E-state index contributed by atoms with van der Waals surface area (Å²) in [7, 11) is 1.65. The Labute approximate surface area is 99.4 Å². The van der Waals surface area contributed by atoms with Crippen LogP contribution in [-0.4, -0.2) is 17.1 Å². The van der Waals surface area contributed by atoms with Crippen molar-refractivity contribution < 1.29 is 4.74 Å². The lowest BCUT2D eigenvalue weighted by Gasteiger charge is -2.07. The monoisotopic (exact) mass is 236 g/mol. The van der Waals surface area contributed by atoms with E-state index in [1.54, 1.807) is 7.11 Å². The molecule has 0 saturated carbocycles. The molecular weight excluding hydrogens is 224 g/mol. The number of rotatable bonds is 2. The number of methoxy groups -OCH3 is 1. The lowest BCUT2D eigenvalue weighted by atomic mass is 10.1. The molecule has 0 aliphatic carbocycles. The average Bonchev–Trinajstić information content (AvgIpc) is 2.57. The van der Waals surface area contributed by atoms with Crippen molar-refractivity contribution in [2.45, 2.75) is 13.8 Å². The number of halogens is 1. The summed E-state index contributed by atoms with van der Waals surface area (Å²) in [6, 6.07) is 5.98. The molecule has 1 aromatic carbocycles. The summed E-state index contributed by atoms with van der Waals surface area (Å²) in [5.41, 5.74) is 3.90. The van der Waals surface area contributed by atoms with Gasteiger partial charge in [0.15, 0.2) is 0 Å². The fraction of sp³-hybridized carbons (Fsp3) is 0.250. The Hall–Kier alpha value is -1.48. The largest absolute Gasteiger partial charge is 0.496 e. The molecule has 0 spiro atoms. The molecule has 84 valence electrons. The van der Waals surface area contributed by atoms with Gasteiger partial charge in [-0.05, 0) is 37.6 Å². The summed E-state index contributed by atoms with van der Waals surface area (Å²) >= 11 is 5.84. The number of ether oxygens (including phenoxy) is 1. The molecule has 1 N–H and O–H groups in total. The quantitative estimate of drug-likeness (QED) is 0.868. The highest BCUT2D eigenvalue weighted by Gasteiger charge is 2.12. The number of hydrogen-bond donors (Lipinski definition) is 1. The van der Waals surface area contributed by atoms with Gasteiger partial charge in [0.05, 0.1) is 12.8 Å². The first kappa shape index (κ1) is 11.0. The van der Waals surface area contributed by atoms with Crippen molar-refractivity contribution in [3.8, 4) is 17.0 Å². The third kappa shape index (κ3) is 1.91. The topological polar surface area (TPSA) is 37.9 Å². The van der Waals surface area contributed by atoms with E-state index in [9.17, 15) is 0 Å². The zero-order valence-electron chi connectivity index (χ0n) is 9.47. The minimum Gasteiger partial charge on any atom is -0.496 e. The Balaban J connectivity index is 2.62. The fourth-order valence-electron chi connectivity index (χ4n) is 1.69. The van der Waals surface area contributed by atoms with Crippen LogP contribution in [-0.2, 0) is 0 Å². The molecule has 1 aromatic heterocycles. The summed E-state index contributed by atoms with van der Waals surface area (Å²) in [5, 5.41) is 0.399. The molecule has 2 rings (SSSR count). The Morgan fingerprint density at radius 3 is 2.62 bits per heavy atom. The van der Waals surface area contributed by atoms with Gasteiger partial charge in [-0.2, -0.15) is 0 Å². The van der Waals surface area contributed by atoms with Gasteiger partial charge in [0.1, 0.15) is 5.75 Å². The zero-order chi connectivity index (χ0) is 11.7. The number of hydrogen-bond acceptors (Lipinski definition) is 2. The van der Waals surface area contributed by atoms with Crippen molar-refractivity contribution in [1.29, 1.82) is 0 Å². The van der Waals surface area contributed by atoms with Crippen LogP contribution < -0.4 is 4.74 Å².